The van der Waals surface area contributed by atoms with Crippen LogP contribution >= 0.6 is 0 Å². The molecule has 1 N–H and O–H groups in total. The number of benzene rings is 3. The Balaban J connectivity index is 1.60. The third-order valence-corrected chi connectivity index (χ3v) is 6.36. The van der Waals surface area contributed by atoms with Gasteiger partial charge in [0.25, 0.3) is 5.91 Å². The number of rotatable bonds is 6. The molecule has 0 aromatic heterocycles. The molecule has 0 spiro atoms. The predicted molar refractivity (Wildman–Crippen MR) is 134 cm³/mol. The minimum absolute atomic E-state index is 0.156. The number of methoxy groups -OCH3 is 1. The van der Waals surface area contributed by atoms with Crippen LogP contribution in [0.15, 0.2) is 66.7 Å². The van der Waals surface area contributed by atoms with Gasteiger partial charge in [-0.25, -0.2) is 4.79 Å². The molecule has 1 heterocycles. The summed E-state index contributed by atoms with van der Waals surface area (Å²) in [5.41, 5.74) is 4.09. The van der Waals surface area contributed by atoms with E-state index in [4.69, 9.17) is 9.47 Å². The Hall–Kier alpha value is -3.80. The number of fused-ring (bicyclic) bond motifs is 1. The topological polar surface area (TPSA) is 76.1 Å². The van der Waals surface area contributed by atoms with Crippen molar-refractivity contribution in [3.8, 4) is 11.5 Å². The van der Waals surface area contributed by atoms with Gasteiger partial charge in [0.05, 0.1) is 7.11 Å². The summed E-state index contributed by atoms with van der Waals surface area (Å²) in [4.78, 5) is 27.1. The summed E-state index contributed by atoms with van der Waals surface area (Å²) in [6.07, 6.45) is 0.243. The molecule has 3 aromatic carbocycles. The van der Waals surface area contributed by atoms with E-state index in [2.05, 4.69) is 20.8 Å². The van der Waals surface area contributed by atoms with Crippen LogP contribution in [-0.2, 0) is 29.8 Å². The molecule has 1 atom stereocenters. The van der Waals surface area contributed by atoms with Gasteiger partial charge in [-0.2, -0.15) is 0 Å². The molecule has 0 aliphatic carbocycles. The zero-order valence-corrected chi connectivity index (χ0v) is 20.6. The fourth-order valence-corrected chi connectivity index (χ4v) is 4.44. The summed E-state index contributed by atoms with van der Waals surface area (Å²) in [5, 5.41) is 9.90. The number of hydrogen-bond donors (Lipinski definition) is 1. The summed E-state index contributed by atoms with van der Waals surface area (Å²) in [5.74, 6) is -0.0571. The number of aliphatic carboxylic acids is 1. The van der Waals surface area contributed by atoms with Crippen LogP contribution in [0.1, 0.15) is 53.4 Å². The van der Waals surface area contributed by atoms with Crippen molar-refractivity contribution in [1.29, 1.82) is 0 Å². The first-order chi connectivity index (χ1) is 16.7. The van der Waals surface area contributed by atoms with E-state index in [1.54, 1.807) is 19.2 Å². The number of amides is 1. The number of carbonyl (C=O) groups is 2. The number of hydrogen-bond acceptors (Lipinski definition) is 4. The van der Waals surface area contributed by atoms with Gasteiger partial charge in [-0.05, 0) is 51.9 Å². The Labute approximate surface area is 206 Å². The molecule has 0 saturated carbocycles. The predicted octanol–water partition coefficient (Wildman–Crippen LogP) is 5.22. The molecule has 35 heavy (non-hydrogen) atoms. The van der Waals surface area contributed by atoms with Gasteiger partial charge in [0.1, 0.15) is 24.1 Å². The van der Waals surface area contributed by atoms with Gasteiger partial charge in [0.15, 0.2) is 0 Å². The number of nitrogens with zero attached hydrogens (tertiary/aromatic N) is 1. The third-order valence-electron chi connectivity index (χ3n) is 6.36. The maximum Gasteiger partial charge on any atom is 0.326 e. The Morgan fingerprint density at radius 3 is 2.40 bits per heavy atom. The van der Waals surface area contributed by atoms with E-state index in [1.165, 1.54) is 4.90 Å². The molecule has 1 aliphatic rings. The smallest absolute Gasteiger partial charge is 0.326 e. The minimum atomic E-state index is -1.02. The van der Waals surface area contributed by atoms with Gasteiger partial charge >= 0.3 is 5.97 Å². The highest BCUT2D eigenvalue weighted by Gasteiger charge is 2.35. The van der Waals surface area contributed by atoms with Crippen molar-refractivity contribution >= 4 is 11.9 Å². The highest BCUT2D eigenvalue weighted by molar-refractivity contribution is 5.97. The van der Waals surface area contributed by atoms with Crippen LogP contribution in [-0.4, -0.2) is 35.0 Å². The molecule has 0 bridgehead atoms. The van der Waals surface area contributed by atoms with Crippen LogP contribution < -0.4 is 9.47 Å². The fourth-order valence-electron chi connectivity index (χ4n) is 4.44. The molecule has 0 radical (unpaired) electrons. The second kappa shape index (κ2) is 9.82. The molecular formula is C29H31NO5. The average Bonchev–Trinajstić information content (AvgIpc) is 2.85. The van der Waals surface area contributed by atoms with Crippen molar-refractivity contribution in [3.63, 3.8) is 0 Å². The van der Waals surface area contributed by atoms with Crippen LogP contribution in [0.2, 0.25) is 0 Å². The lowest BCUT2D eigenvalue weighted by atomic mass is 9.85. The second-order valence-electron chi connectivity index (χ2n) is 9.86. The summed E-state index contributed by atoms with van der Waals surface area (Å²) in [6.45, 7) is 6.85. The molecule has 6 heteroatoms. The molecule has 1 unspecified atom stereocenters. The van der Waals surface area contributed by atoms with E-state index in [-0.39, 0.29) is 24.3 Å². The molecule has 0 fully saturated rings. The van der Waals surface area contributed by atoms with E-state index < -0.39 is 12.0 Å². The zero-order chi connectivity index (χ0) is 25.2. The van der Waals surface area contributed by atoms with E-state index in [1.807, 2.05) is 54.6 Å². The van der Waals surface area contributed by atoms with E-state index in [0.717, 1.165) is 22.3 Å². The quantitative estimate of drug-likeness (QED) is 0.531. The number of carbonyl (C=O) groups excluding carboxylic acids is 1. The number of ether oxygens (including phenoxy) is 2. The summed E-state index contributed by atoms with van der Waals surface area (Å²) < 4.78 is 11.5. The van der Waals surface area contributed by atoms with Crippen molar-refractivity contribution < 1.29 is 24.2 Å². The van der Waals surface area contributed by atoms with E-state index >= 15 is 0 Å². The Kier molecular flexibility index (Phi) is 6.83. The van der Waals surface area contributed by atoms with Crippen LogP contribution in [0.4, 0.5) is 0 Å². The Morgan fingerprint density at radius 2 is 1.74 bits per heavy atom. The van der Waals surface area contributed by atoms with Gasteiger partial charge in [0, 0.05) is 18.5 Å². The largest absolute Gasteiger partial charge is 0.496 e. The molecule has 1 amide bonds. The monoisotopic (exact) mass is 473 g/mol. The fraction of sp³-hybridized carbons (Fsp3) is 0.310. The SMILES string of the molecule is COc1cc(C(=O)N2Cc3cc(OCc4ccccc4)ccc3CC2C(=O)O)ccc1C(C)(C)C. The van der Waals surface area contributed by atoms with E-state index in [0.29, 0.717) is 23.7 Å². The van der Waals surface area contributed by atoms with Gasteiger partial charge < -0.3 is 19.5 Å². The molecule has 1 aliphatic heterocycles. The van der Waals surface area contributed by atoms with Gasteiger partial charge in [0.2, 0.25) is 0 Å². The van der Waals surface area contributed by atoms with Gasteiger partial charge in [-0.15, -0.1) is 0 Å². The standard InChI is InChI=1S/C29H31NO5/c1-29(2,3)24-13-11-21(16-26(24)34-4)27(31)30-17-22-14-23(35-18-19-8-6-5-7-9-19)12-10-20(22)15-25(30)28(32)33/h5-14,16,25H,15,17-18H2,1-4H3,(H,32,33). The maximum atomic E-state index is 13.5. The summed E-state index contributed by atoms with van der Waals surface area (Å²) in [7, 11) is 1.58. The Bertz CT molecular complexity index is 1230. The first kappa shape index (κ1) is 24.3. The van der Waals surface area contributed by atoms with Gasteiger partial charge in [-0.1, -0.05) is 63.2 Å². The molecular weight excluding hydrogens is 442 g/mol. The van der Waals surface area contributed by atoms with Crippen LogP contribution in [0.5, 0.6) is 11.5 Å². The molecule has 0 saturated heterocycles. The molecule has 182 valence electrons. The van der Waals surface area contributed by atoms with Crippen molar-refractivity contribution in [2.75, 3.05) is 7.11 Å². The van der Waals surface area contributed by atoms with Crippen LogP contribution in [0, 0.1) is 0 Å². The van der Waals surface area contributed by atoms with Crippen molar-refractivity contribution in [2.45, 2.75) is 51.8 Å². The van der Waals surface area contributed by atoms with Crippen LogP contribution in [0.25, 0.3) is 0 Å². The first-order valence-electron chi connectivity index (χ1n) is 11.7. The zero-order valence-electron chi connectivity index (χ0n) is 20.6. The first-order valence-corrected chi connectivity index (χ1v) is 11.7. The van der Waals surface area contributed by atoms with Crippen molar-refractivity contribution in [2.24, 2.45) is 0 Å². The normalized spacial score (nSPS) is 15.3. The lowest BCUT2D eigenvalue weighted by Gasteiger charge is -2.35. The molecule has 3 aromatic rings. The van der Waals surface area contributed by atoms with Crippen molar-refractivity contribution in [3.05, 3.63) is 94.5 Å². The van der Waals surface area contributed by atoms with E-state index in [9.17, 15) is 14.7 Å². The number of carboxylic acid groups (broad SMARTS) is 1. The maximum absolute atomic E-state index is 13.5. The Morgan fingerprint density at radius 1 is 1.00 bits per heavy atom. The van der Waals surface area contributed by atoms with Gasteiger partial charge in [-0.3, -0.25) is 4.79 Å². The van der Waals surface area contributed by atoms with Crippen molar-refractivity contribution in [1.82, 2.24) is 4.90 Å². The average molecular weight is 474 g/mol. The minimum Gasteiger partial charge on any atom is -0.496 e. The third kappa shape index (κ3) is 5.32. The van der Waals surface area contributed by atoms with Crippen LogP contribution in [0.3, 0.4) is 0 Å². The molecule has 6 nitrogen and oxygen atoms in total. The highest BCUT2D eigenvalue weighted by atomic mass is 16.5. The highest BCUT2D eigenvalue weighted by Crippen LogP contribution is 2.34. The number of carboxylic acids is 1. The summed E-state index contributed by atoms with van der Waals surface area (Å²) in [6, 6.07) is 19.9. The summed E-state index contributed by atoms with van der Waals surface area (Å²) >= 11 is 0. The molecule has 4 rings (SSSR count). The lowest BCUT2D eigenvalue weighted by Crippen LogP contribution is -2.48. The lowest BCUT2D eigenvalue weighted by molar-refractivity contribution is -0.142. The second-order valence-corrected chi connectivity index (χ2v) is 9.86.